The Morgan fingerprint density at radius 3 is 2.58 bits per heavy atom. The molecule has 1 aliphatic heterocycles. The van der Waals surface area contributed by atoms with Gasteiger partial charge in [-0.25, -0.2) is 19.1 Å². The van der Waals surface area contributed by atoms with E-state index in [1.807, 2.05) is 57.2 Å². The van der Waals surface area contributed by atoms with Gasteiger partial charge in [-0.15, -0.1) is 0 Å². The molecule has 1 fully saturated rings. The van der Waals surface area contributed by atoms with Crippen molar-refractivity contribution in [2.45, 2.75) is 54.0 Å². The Labute approximate surface area is 236 Å². The molecule has 8 heteroatoms. The van der Waals surface area contributed by atoms with E-state index in [1.165, 1.54) is 22.6 Å². The zero-order chi connectivity index (χ0) is 29.4. The Hall–Kier alpha value is -4.64. The summed E-state index contributed by atoms with van der Waals surface area (Å²) in [4.78, 5) is 21.6. The van der Waals surface area contributed by atoms with Gasteiger partial charge in [-0.1, -0.05) is 44.2 Å². The normalized spacial score (nSPS) is 15.8. The molecule has 0 spiro atoms. The smallest absolute Gasteiger partial charge is 0.334 e. The van der Waals surface area contributed by atoms with Crippen LogP contribution in [0.4, 0.5) is 14.9 Å². The fraction of sp³-hybridized carbons (Fsp3) is 0.281. The van der Waals surface area contributed by atoms with Gasteiger partial charge in [0.25, 0.3) is 0 Å². The summed E-state index contributed by atoms with van der Waals surface area (Å²) < 4.78 is 19.4. The van der Waals surface area contributed by atoms with Crippen LogP contribution in [0.15, 0.2) is 88.9 Å². The number of nitrogens with one attached hydrogen (secondary N) is 1. The number of hydrogen-bond donors (Lipinski definition) is 1. The number of rotatable bonds is 9. The van der Waals surface area contributed by atoms with Crippen molar-refractivity contribution in [2.75, 3.05) is 7.11 Å². The van der Waals surface area contributed by atoms with Crippen LogP contribution in [0.1, 0.15) is 57.7 Å². The number of benzene rings is 2. The van der Waals surface area contributed by atoms with Crippen LogP contribution in [0.25, 0.3) is 0 Å². The highest BCUT2D eigenvalue weighted by Crippen LogP contribution is 2.29. The average Bonchev–Trinajstić information content (AvgIpc) is 2.95. The zero-order valence-electron chi connectivity index (χ0n) is 24.0. The first-order valence-electron chi connectivity index (χ1n) is 13.2. The predicted octanol–water partition coefficient (Wildman–Crippen LogP) is 7.46. The molecule has 0 unspecified atom stereocenters. The van der Waals surface area contributed by atoms with Crippen LogP contribution < -0.4 is 10.1 Å². The first kappa shape index (κ1) is 29.9. The van der Waals surface area contributed by atoms with Crippen LogP contribution in [-0.4, -0.2) is 28.9 Å². The van der Waals surface area contributed by atoms with Crippen molar-refractivity contribution in [1.82, 2.24) is 15.1 Å². The van der Waals surface area contributed by atoms with Crippen molar-refractivity contribution in [1.29, 1.82) is 5.26 Å². The molecule has 1 N–H and O–H groups in total. The molecule has 0 aliphatic carbocycles. The van der Waals surface area contributed by atoms with E-state index < -0.39 is 11.8 Å². The van der Waals surface area contributed by atoms with Gasteiger partial charge < -0.3 is 4.74 Å². The molecule has 208 valence electrons. The highest BCUT2D eigenvalue weighted by atomic mass is 19.1. The Kier molecular flexibility index (Phi) is 10.0. The van der Waals surface area contributed by atoms with E-state index in [-0.39, 0.29) is 18.1 Å². The van der Waals surface area contributed by atoms with E-state index in [1.54, 1.807) is 18.1 Å². The topological polar surface area (TPSA) is 81.0 Å². The van der Waals surface area contributed by atoms with Crippen LogP contribution >= 0.6 is 0 Å². The third-order valence-corrected chi connectivity index (χ3v) is 6.59. The average molecular weight is 542 g/mol. The summed E-state index contributed by atoms with van der Waals surface area (Å²) in [7, 11) is 1.61. The molecule has 3 rings (SSSR count). The Morgan fingerprint density at radius 2 is 1.95 bits per heavy atom. The Bertz CT molecular complexity index is 1460. The van der Waals surface area contributed by atoms with Crippen molar-refractivity contribution in [3.05, 3.63) is 106 Å². The highest BCUT2D eigenvalue weighted by molar-refractivity contribution is 6.02. The molecule has 2 aromatic carbocycles. The third-order valence-electron chi connectivity index (χ3n) is 6.59. The minimum absolute atomic E-state index is 0.0614. The van der Waals surface area contributed by atoms with Crippen LogP contribution in [0.2, 0.25) is 0 Å². The number of nitrogens with zero attached hydrogens (tertiary/aromatic N) is 4. The summed E-state index contributed by atoms with van der Waals surface area (Å²) in [5, 5.41) is 12.3. The van der Waals surface area contributed by atoms with E-state index in [4.69, 9.17) is 9.73 Å². The fourth-order valence-electron chi connectivity index (χ4n) is 4.28. The zero-order valence-corrected chi connectivity index (χ0v) is 24.0. The predicted molar refractivity (Wildman–Crippen MR) is 157 cm³/mol. The maximum absolute atomic E-state index is 14.1. The number of carbonyl (C=O) groups is 1. The molecule has 1 heterocycles. The number of ether oxygens (including phenoxy) is 1. The van der Waals surface area contributed by atoms with Gasteiger partial charge in [-0.3, -0.25) is 10.2 Å². The summed E-state index contributed by atoms with van der Waals surface area (Å²) in [5.74, 6) is 0.756. The number of methoxy groups -OCH3 is 1. The van der Waals surface area contributed by atoms with Crippen molar-refractivity contribution >= 4 is 17.7 Å². The first-order valence-corrected chi connectivity index (χ1v) is 13.2. The number of carbonyl (C=O) groups excluding carboxylic acids is 1. The van der Waals surface area contributed by atoms with Crippen molar-refractivity contribution in [3.63, 3.8) is 0 Å². The van der Waals surface area contributed by atoms with E-state index >= 15 is 0 Å². The van der Waals surface area contributed by atoms with Gasteiger partial charge in [0.15, 0.2) is 0 Å². The lowest BCUT2D eigenvalue weighted by molar-refractivity contribution is 0.206. The second-order valence-corrected chi connectivity index (χ2v) is 9.42. The molecule has 0 saturated carbocycles. The molecular weight excluding hydrogens is 505 g/mol. The second-order valence-electron chi connectivity index (χ2n) is 9.42. The van der Waals surface area contributed by atoms with Gasteiger partial charge >= 0.3 is 6.03 Å². The van der Waals surface area contributed by atoms with Crippen molar-refractivity contribution < 1.29 is 13.9 Å². The van der Waals surface area contributed by atoms with Crippen LogP contribution in [0.5, 0.6) is 5.75 Å². The maximum Gasteiger partial charge on any atom is 0.334 e. The second kappa shape index (κ2) is 13.4. The summed E-state index contributed by atoms with van der Waals surface area (Å²) in [5.41, 5.74) is 5.05. The summed E-state index contributed by atoms with van der Waals surface area (Å²) in [6, 6.07) is 11.4. The van der Waals surface area contributed by atoms with Crippen LogP contribution in [-0.2, 0) is 13.0 Å². The van der Waals surface area contributed by atoms with Crippen LogP contribution in [0, 0.1) is 17.1 Å². The van der Waals surface area contributed by atoms with Gasteiger partial charge in [-0.05, 0) is 86.7 Å². The fourth-order valence-corrected chi connectivity index (χ4v) is 4.28. The number of guanidine groups is 1. The number of hydrogen-bond acceptors (Lipinski definition) is 4. The number of halogens is 1. The van der Waals surface area contributed by atoms with Gasteiger partial charge in [-0.2, -0.15) is 5.26 Å². The third kappa shape index (κ3) is 6.86. The molecule has 2 amide bonds. The number of aliphatic imine (C=N–C) groups is 1. The molecular formula is C32H36FN5O2. The molecule has 0 aromatic heterocycles. The monoisotopic (exact) mass is 541 g/mol. The number of nitriles is 1. The Balaban J connectivity index is 2.11. The lowest BCUT2D eigenvalue weighted by Gasteiger charge is -2.40. The maximum atomic E-state index is 14.1. The minimum Gasteiger partial charge on any atom is -0.497 e. The molecule has 1 saturated heterocycles. The van der Waals surface area contributed by atoms with E-state index in [2.05, 4.69) is 31.8 Å². The van der Waals surface area contributed by atoms with Gasteiger partial charge in [0.2, 0.25) is 5.96 Å². The van der Waals surface area contributed by atoms with E-state index in [0.717, 1.165) is 17.6 Å². The number of aryl methyl sites for hydroxylation is 1. The van der Waals surface area contributed by atoms with Crippen molar-refractivity contribution in [2.24, 2.45) is 4.99 Å². The van der Waals surface area contributed by atoms with Crippen LogP contribution in [0.3, 0.4) is 0 Å². The molecule has 7 nitrogen and oxygen atoms in total. The quantitative estimate of drug-likeness (QED) is 0.334. The number of amides is 2. The van der Waals surface area contributed by atoms with E-state index in [0.29, 0.717) is 34.9 Å². The largest absolute Gasteiger partial charge is 0.497 e. The standard InChI is InChI=1S/C32H36FN5O2/c1-8-21(4)15-22(5)16-27(10-3)38-23(6)37(20-24-11-13-29(33)26(17-24)19-34)31(36-32(38)39)35-30-14-12-28(40-7)18-25(30)9-2/h10-18H,6,8-9,20H2,1-5,7H3,(H,35,36,39)/b21-15+,22-16-,27-10+. The SMILES string of the molecule is C=C1N(Cc2ccc(F)c(C#N)c2)C(=Nc2ccc(OC)cc2CC)NC(=O)N1C(/C=C(C)\C=C(/C)CC)=C/C. The summed E-state index contributed by atoms with van der Waals surface area (Å²) >= 11 is 0. The molecule has 1 aliphatic rings. The first-order chi connectivity index (χ1) is 19.1. The molecule has 0 radical (unpaired) electrons. The molecule has 0 atom stereocenters. The minimum atomic E-state index is -0.592. The molecule has 0 bridgehead atoms. The lowest BCUT2D eigenvalue weighted by atomic mass is 10.1. The highest BCUT2D eigenvalue weighted by Gasteiger charge is 2.34. The number of urea groups is 1. The summed E-state index contributed by atoms with van der Waals surface area (Å²) in [6.07, 6.45) is 7.47. The lowest BCUT2D eigenvalue weighted by Crippen LogP contribution is -2.57. The van der Waals surface area contributed by atoms with Gasteiger partial charge in [0.1, 0.15) is 23.5 Å². The van der Waals surface area contributed by atoms with Gasteiger partial charge in [0.05, 0.1) is 24.9 Å². The molecule has 40 heavy (non-hydrogen) atoms. The molecule has 2 aromatic rings. The Morgan fingerprint density at radius 1 is 1.20 bits per heavy atom. The number of allylic oxidation sites excluding steroid dienone is 5. The van der Waals surface area contributed by atoms with Crippen molar-refractivity contribution in [3.8, 4) is 11.8 Å². The van der Waals surface area contributed by atoms with E-state index in [9.17, 15) is 14.4 Å². The van der Waals surface area contributed by atoms with Gasteiger partial charge in [0, 0.05) is 5.70 Å². The summed E-state index contributed by atoms with van der Waals surface area (Å²) in [6.45, 7) is 14.5.